The number of para-hydroxylation sites is 1. The molecule has 3 N–H and O–H groups in total. The Hall–Kier alpha value is -3.71. The molecule has 0 spiro atoms. The van der Waals surface area contributed by atoms with Crippen LogP contribution in [0.5, 0.6) is 5.75 Å². The van der Waals surface area contributed by atoms with Gasteiger partial charge in [0.05, 0.1) is 24.8 Å². The van der Waals surface area contributed by atoms with Gasteiger partial charge in [0.15, 0.2) is 0 Å². The molecule has 0 saturated carbocycles. The second kappa shape index (κ2) is 10.7. The largest absolute Gasteiger partial charge is 0.493 e. The summed E-state index contributed by atoms with van der Waals surface area (Å²) in [7, 11) is 0. The lowest BCUT2D eigenvalue weighted by atomic mass is 9.93. The van der Waals surface area contributed by atoms with Gasteiger partial charge in [-0.1, -0.05) is 38.1 Å². The van der Waals surface area contributed by atoms with Gasteiger partial charge in [-0.25, -0.2) is 8.78 Å². The third-order valence-corrected chi connectivity index (χ3v) is 6.11. The number of H-pyrrole nitrogens is 1. The van der Waals surface area contributed by atoms with Crippen LogP contribution in [0.25, 0.3) is 22.0 Å². The third kappa shape index (κ3) is 5.35. The number of rotatable bonds is 9. The number of benzene rings is 3. The molecule has 1 unspecified atom stereocenters. The molecule has 0 aliphatic heterocycles. The van der Waals surface area contributed by atoms with Crippen molar-refractivity contribution < 1.29 is 23.4 Å². The summed E-state index contributed by atoms with van der Waals surface area (Å²) in [5.74, 6) is -1.68. The van der Waals surface area contributed by atoms with Gasteiger partial charge in [0, 0.05) is 29.1 Å². The summed E-state index contributed by atoms with van der Waals surface area (Å²) in [5.41, 5.74) is 2.96. The number of nitrogens with one attached hydrogen (secondary N) is 2. The van der Waals surface area contributed by atoms with Crippen LogP contribution in [0, 0.1) is 11.6 Å². The number of carbonyl (C=O) groups is 1. The first kappa shape index (κ1) is 24.4. The van der Waals surface area contributed by atoms with Crippen molar-refractivity contribution in [1.82, 2.24) is 10.3 Å². The fourth-order valence-corrected chi connectivity index (χ4v) is 4.21. The molecule has 35 heavy (non-hydrogen) atoms. The second-order valence-corrected chi connectivity index (χ2v) is 8.56. The standard InChI is InChI=1S/C28H28F2N2O3/c1-3-10-35-27-9-8-18(19-11-20(29)14-21(30)12-19)13-23(27)28(34)32-26(16-33)17(2)24-15-31-25-7-5-4-6-22(24)25/h4-9,11-15,17,26,31,33H,3,10,16H2,1-2H3,(H,32,34)/t17-,26?/m1/s1. The minimum absolute atomic E-state index is 0.194. The summed E-state index contributed by atoms with van der Waals surface area (Å²) in [6.07, 6.45) is 2.63. The predicted molar refractivity (Wildman–Crippen MR) is 133 cm³/mol. The van der Waals surface area contributed by atoms with Gasteiger partial charge in [-0.05, 0) is 53.4 Å². The van der Waals surface area contributed by atoms with E-state index in [-0.39, 0.29) is 18.1 Å². The lowest BCUT2D eigenvalue weighted by molar-refractivity contribution is 0.0903. The second-order valence-electron chi connectivity index (χ2n) is 8.56. The topological polar surface area (TPSA) is 74.3 Å². The quantitative estimate of drug-likeness (QED) is 0.285. The molecular formula is C28H28F2N2O3. The van der Waals surface area contributed by atoms with Crippen LogP contribution in [-0.4, -0.2) is 35.3 Å². The normalized spacial score (nSPS) is 12.9. The molecule has 0 fully saturated rings. The Kier molecular flexibility index (Phi) is 7.46. The molecule has 0 aliphatic rings. The zero-order valence-electron chi connectivity index (χ0n) is 19.6. The molecule has 4 rings (SSSR count). The van der Waals surface area contributed by atoms with Gasteiger partial charge in [0.1, 0.15) is 17.4 Å². The zero-order chi connectivity index (χ0) is 24.9. The van der Waals surface area contributed by atoms with Crippen LogP contribution in [0.1, 0.15) is 42.1 Å². The van der Waals surface area contributed by atoms with Gasteiger partial charge in [0.25, 0.3) is 5.91 Å². The summed E-state index contributed by atoms with van der Waals surface area (Å²) in [6.45, 7) is 4.03. The van der Waals surface area contributed by atoms with Crippen molar-refractivity contribution in [3.05, 3.63) is 89.6 Å². The molecule has 0 aliphatic carbocycles. The first-order chi connectivity index (χ1) is 16.9. The molecule has 1 aromatic heterocycles. The Bertz CT molecular complexity index is 1310. The Morgan fingerprint density at radius 1 is 1.06 bits per heavy atom. The number of hydrogen-bond acceptors (Lipinski definition) is 3. The molecule has 7 heteroatoms. The van der Waals surface area contributed by atoms with Crippen molar-refractivity contribution in [1.29, 1.82) is 0 Å². The first-order valence-corrected chi connectivity index (χ1v) is 11.6. The maximum Gasteiger partial charge on any atom is 0.255 e. The maximum atomic E-state index is 13.8. The number of carbonyl (C=O) groups excluding carboxylic acids is 1. The lowest BCUT2D eigenvalue weighted by Gasteiger charge is -2.24. The average Bonchev–Trinajstić information content (AvgIpc) is 3.29. The van der Waals surface area contributed by atoms with E-state index in [1.165, 1.54) is 12.1 Å². The summed E-state index contributed by atoms with van der Waals surface area (Å²) in [5, 5.41) is 14.1. The first-order valence-electron chi connectivity index (χ1n) is 11.6. The van der Waals surface area contributed by atoms with E-state index >= 15 is 0 Å². The van der Waals surface area contributed by atoms with Crippen molar-refractivity contribution >= 4 is 16.8 Å². The van der Waals surface area contributed by atoms with E-state index in [0.717, 1.165) is 29.0 Å². The van der Waals surface area contributed by atoms with Gasteiger partial charge in [0.2, 0.25) is 0 Å². The number of aromatic amines is 1. The van der Waals surface area contributed by atoms with Crippen LogP contribution < -0.4 is 10.1 Å². The summed E-state index contributed by atoms with van der Waals surface area (Å²) in [6, 6.07) is 15.3. The van der Waals surface area contributed by atoms with E-state index in [1.807, 2.05) is 44.3 Å². The number of aliphatic hydroxyl groups is 1. The number of hydrogen-bond donors (Lipinski definition) is 3. The minimum atomic E-state index is -0.704. The fourth-order valence-electron chi connectivity index (χ4n) is 4.21. The summed E-state index contributed by atoms with van der Waals surface area (Å²) in [4.78, 5) is 16.6. The van der Waals surface area contributed by atoms with Gasteiger partial charge in [-0.3, -0.25) is 4.79 Å². The van der Waals surface area contributed by atoms with E-state index < -0.39 is 23.6 Å². The summed E-state index contributed by atoms with van der Waals surface area (Å²) >= 11 is 0. The molecule has 182 valence electrons. The van der Waals surface area contributed by atoms with E-state index in [9.17, 15) is 18.7 Å². The molecule has 4 aromatic rings. The SMILES string of the molecule is CCCOc1ccc(-c2cc(F)cc(F)c2)cc1C(=O)NC(CO)[C@H](C)c1c[nH]c2ccccc12. The van der Waals surface area contributed by atoms with Crippen molar-refractivity contribution in [3.8, 4) is 16.9 Å². The highest BCUT2D eigenvalue weighted by molar-refractivity contribution is 5.98. The van der Waals surface area contributed by atoms with E-state index in [0.29, 0.717) is 23.5 Å². The number of aromatic nitrogens is 1. The molecule has 2 atom stereocenters. The highest BCUT2D eigenvalue weighted by atomic mass is 19.1. The molecule has 1 amide bonds. The van der Waals surface area contributed by atoms with Crippen molar-refractivity contribution in [2.75, 3.05) is 13.2 Å². The molecule has 5 nitrogen and oxygen atoms in total. The van der Waals surface area contributed by atoms with Crippen LogP contribution in [0.4, 0.5) is 8.78 Å². The molecule has 1 heterocycles. The number of ether oxygens (including phenoxy) is 1. The molecular weight excluding hydrogens is 450 g/mol. The molecule has 0 bridgehead atoms. The van der Waals surface area contributed by atoms with E-state index in [1.54, 1.807) is 18.2 Å². The van der Waals surface area contributed by atoms with E-state index in [2.05, 4.69) is 10.3 Å². The third-order valence-electron chi connectivity index (χ3n) is 6.11. The maximum absolute atomic E-state index is 13.8. The van der Waals surface area contributed by atoms with Crippen molar-refractivity contribution in [2.24, 2.45) is 0 Å². The zero-order valence-corrected chi connectivity index (χ0v) is 19.6. The molecule has 3 aromatic carbocycles. The average molecular weight is 479 g/mol. The van der Waals surface area contributed by atoms with Crippen LogP contribution in [0.2, 0.25) is 0 Å². The number of halogens is 2. The monoisotopic (exact) mass is 478 g/mol. The molecule has 0 saturated heterocycles. The van der Waals surface area contributed by atoms with E-state index in [4.69, 9.17) is 4.74 Å². The van der Waals surface area contributed by atoms with Crippen molar-refractivity contribution in [2.45, 2.75) is 32.2 Å². The number of fused-ring (bicyclic) bond motifs is 1. The van der Waals surface area contributed by atoms with Crippen molar-refractivity contribution in [3.63, 3.8) is 0 Å². The highest BCUT2D eigenvalue weighted by Gasteiger charge is 2.25. The Balaban J connectivity index is 1.65. The number of amides is 1. The van der Waals surface area contributed by atoms with Gasteiger partial charge >= 0.3 is 0 Å². The lowest BCUT2D eigenvalue weighted by Crippen LogP contribution is -2.41. The van der Waals surface area contributed by atoms with Gasteiger partial charge in [-0.15, -0.1) is 0 Å². The van der Waals surface area contributed by atoms with Crippen LogP contribution >= 0.6 is 0 Å². The van der Waals surface area contributed by atoms with Gasteiger partial charge in [-0.2, -0.15) is 0 Å². The Morgan fingerprint density at radius 3 is 2.51 bits per heavy atom. The molecule has 0 radical (unpaired) electrons. The summed E-state index contributed by atoms with van der Waals surface area (Å²) < 4.78 is 33.4. The van der Waals surface area contributed by atoms with Crippen LogP contribution in [0.15, 0.2) is 66.9 Å². The highest BCUT2D eigenvalue weighted by Crippen LogP contribution is 2.30. The van der Waals surface area contributed by atoms with Gasteiger partial charge < -0.3 is 20.1 Å². The van der Waals surface area contributed by atoms with Crippen LogP contribution in [0.3, 0.4) is 0 Å². The van der Waals surface area contributed by atoms with Crippen LogP contribution in [-0.2, 0) is 0 Å². The number of aliphatic hydroxyl groups excluding tert-OH is 1. The minimum Gasteiger partial charge on any atom is -0.493 e. The fraction of sp³-hybridized carbons (Fsp3) is 0.250. The smallest absolute Gasteiger partial charge is 0.255 e. The Morgan fingerprint density at radius 2 is 1.80 bits per heavy atom. The Labute approximate surface area is 202 Å². The predicted octanol–water partition coefficient (Wildman–Crippen LogP) is 5.80.